The van der Waals surface area contributed by atoms with Gasteiger partial charge in [-0.3, -0.25) is 4.79 Å². The van der Waals surface area contributed by atoms with Gasteiger partial charge in [0.05, 0.1) is 0 Å². The van der Waals surface area contributed by atoms with Crippen LogP contribution in [0.25, 0.3) is 5.65 Å². The first-order valence-corrected chi connectivity index (χ1v) is 7.70. The third-order valence-electron chi connectivity index (χ3n) is 4.67. The van der Waals surface area contributed by atoms with Gasteiger partial charge in [0.25, 0.3) is 5.91 Å². The molecule has 0 aliphatic carbocycles. The standard InChI is InChI=1S/C17H18N4O/c1-2-14-11-21-6-4-13(8-16(21)18-14)17(22)19-15-7-12-3-5-20(9-12)10-15/h1,4,6,8,11-12,15H,3,5,7,9-10H2,(H,19,22)/t12-,15+/m0/s1. The number of pyridine rings is 1. The van der Waals surface area contributed by atoms with E-state index in [9.17, 15) is 4.79 Å². The smallest absolute Gasteiger partial charge is 0.251 e. The van der Waals surface area contributed by atoms with Crippen molar-refractivity contribution < 1.29 is 4.79 Å². The molecule has 1 N–H and O–H groups in total. The van der Waals surface area contributed by atoms with Gasteiger partial charge in [0.1, 0.15) is 11.3 Å². The normalized spacial score (nSPS) is 26.8. The third kappa shape index (κ3) is 2.36. The van der Waals surface area contributed by atoms with Crippen LogP contribution in [-0.2, 0) is 0 Å². The van der Waals surface area contributed by atoms with Gasteiger partial charge in [0.2, 0.25) is 0 Å². The fraction of sp³-hybridized carbons (Fsp3) is 0.412. The average Bonchev–Trinajstić information content (AvgIpc) is 3.09. The topological polar surface area (TPSA) is 49.6 Å². The molecule has 2 saturated heterocycles. The van der Waals surface area contributed by atoms with Gasteiger partial charge >= 0.3 is 0 Å². The molecular weight excluding hydrogens is 276 g/mol. The van der Waals surface area contributed by atoms with E-state index < -0.39 is 0 Å². The number of nitrogens with zero attached hydrogens (tertiary/aromatic N) is 3. The number of amides is 1. The maximum atomic E-state index is 12.5. The molecule has 22 heavy (non-hydrogen) atoms. The number of aromatic nitrogens is 2. The zero-order valence-electron chi connectivity index (χ0n) is 12.3. The first-order valence-electron chi connectivity index (χ1n) is 7.70. The molecule has 0 saturated carbocycles. The van der Waals surface area contributed by atoms with Gasteiger partial charge in [-0.15, -0.1) is 6.42 Å². The molecule has 1 amide bonds. The Morgan fingerprint density at radius 2 is 2.36 bits per heavy atom. The van der Waals surface area contributed by atoms with Crippen LogP contribution >= 0.6 is 0 Å². The van der Waals surface area contributed by atoms with Gasteiger partial charge < -0.3 is 14.6 Å². The van der Waals surface area contributed by atoms with E-state index in [4.69, 9.17) is 6.42 Å². The van der Waals surface area contributed by atoms with E-state index in [1.54, 1.807) is 12.3 Å². The summed E-state index contributed by atoms with van der Waals surface area (Å²) in [6.07, 6.45) is 11.3. The molecule has 2 fully saturated rings. The highest BCUT2D eigenvalue weighted by Crippen LogP contribution is 2.26. The van der Waals surface area contributed by atoms with Crippen LogP contribution in [0.5, 0.6) is 0 Å². The van der Waals surface area contributed by atoms with E-state index in [0.29, 0.717) is 16.9 Å². The molecule has 2 bridgehead atoms. The first kappa shape index (κ1) is 13.4. The van der Waals surface area contributed by atoms with E-state index in [0.717, 1.165) is 18.9 Å². The predicted octanol–water partition coefficient (Wildman–Crippen LogP) is 1.14. The lowest BCUT2D eigenvalue weighted by atomic mass is 9.96. The SMILES string of the molecule is C#Cc1cn2ccc(C(=O)N[C@@H]3C[C@@H]4CCN(C4)C3)cc2n1. The molecule has 2 aromatic rings. The molecule has 0 radical (unpaired) electrons. The Morgan fingerprint density at radius 1 is 1.45 bits per heavy atom. The molecule has 4 heterocycles. The highest BCUT2D eigenvalue weighted by molar-refractivity contribution is 5.95. The minimum absolute atomic E-state index is 0.0275. The second kappa shape index (κ2) is 5.15. The molecule has 2 aliphatic heterocycles. The van der Waals surface area contributed by atoms with E-state index in [-0.39, 0.29) is 11.9 Å². The Bertz CT molecular complexity index is 761. The summed E-state index contributed by atoms with van der Waals surface area (Å²) in [6, 6.07) is 3.85. The lowest BCUT2D eigenvalue weighted by Gasteiger charge is -2.30. The van der Waals surface area contributed by atoms with Gasteiger partial charge in [0.15, 0.2) is 0 Å². The Kier molecular flexibility index (Phi) is 3.12. The Labute approximate surface area is 129 Å². The fourth-order valence-electron chi connectivity index (χ4n) is 3.63. The molecule has 1 unspecified atom stereocenters. The zero-order chi connectivity index (χ0) is 15.1. The molecule has 112 valence electrons. The number of piperidine rings is 1. The van der Waals surface area contributed by atoms with Crippen molar-refractivity contribution in [3.05, 3.63) is 35.8 Å². The third-order valence-corrected chi connectivity index (χ3v) is 4.67. The fourth-order valence-corrected chi connectivity index (χ4v) is 3.63. The quantitative estimate of drug-likeness (QED) is 0.845. The Morgan fingerprint density at radius 3 is 3.18 bits per heavy atom. The number of rotatable bonds is 2. The van der Waals surface area contributed by atoms with Crippen LogP contribution in [0.3, 0.4) is 0 Å². The highest BCUT2D eigenvalue weighted by Gasteiger charge is 2.32. The number of terminal acetylenes is 1. The van der Waals surface area contributed by atoms with Crippen molar-refractivity contribution in [2.45, 2.75) is 18.9 Å². The number of hydrogen-bond acceptors (Lipinski definition) is 3. The van der Waals surface area contributed by atoms with Crippen molar-refractivity contribution in [3.8, 4) is 12.3 Å². The van der Waals surface area contributed by atoms with Crippen LogP contribution in [0.4, 0.5) is 0 Å². The monoisotopic (exact) mass is 294 g/mol. The first-order chi connectivity index (χ1) is 10.7. The second-order valence-electron chi connectivity index (χ2n) is 6.27. The lowest BCUT2D eigenvalue weighted by molar-refractivity contribution is 0.0909. The molecule has 0 spiro atoms. The summed E-state index contributed by atoms with van der Waals surface area (Å²) in [5.74, 6) is 3.22. The van der Waals surface area contributed by atoms with Crippen molar-refractivity contribution in [2.24, 2.45) is 5.92 Å². The zero-order valence-corrected chi connectivity index (χ0v) is 12.3. The number of fused-ring (bicyclic) bond motifs is 3. The molecule has 0 aromatic carbocycles. The number of nitrogens with one attached hydrogen (secondary N) is 1. The van der Waals surface area contributed by atoms with Crippen molar-refractivity contribution in [3.63, 3.8) is 0 Å². The Hall–Kier alpha value is -2.32. The predicted molar refractivity (Wildman–Crippen MR) is 83.5 cm³/mol. The molecular formula is C17H18N4O. The number of carbonyl (C=O) groups excluding carboxylic acids is 1. The van der Waals surface area contributed by atoms with Crippen molar-refractivity contribution in [1.82, 2.24) is 19.6 Å². The molecule has 5 nitrogen and oxygen atoms in total. The van der Waals surface area contributed by atoms with Crippen LogP contribution < -0.4 is 5.32 Å². The van der Waals surface area contributed by atoms with Crippen molar-refractivity contribution in [1.29, 1.82) is 0 Å². The molecule has 5 heteroatoms. The maximum Gasteiger partial charge on any atom is 0.251 e. The molecule has 2 aliphatic rings. The van der Waals surface area contributed by atoms with Crippen molar-refractivity contribution >= 4 is 11.6 Å². The number of carbonyl (C=O) groups is 1. The molecule has 4 rings (SSSR count). The summed E-state index contributed by atoms with van der Waals surface area (Å²) in [5.41, 5.74) is 1.91. The molecule has 3 atom stereocenters. The van der Waals surface area contributed by atoms with E-state index >= 15 is 0 Å². The van der Waals surface area contributed by atoms with Gasteiger partial charge in [-0.2, -0.15) is 0 Å². The summed E-state index contributed by atoms with van der Waals surface area (Å²) < 4.78 is 1.83. The molecule has 2 aromatic heterocycles. The van der Waals surface area contributed by atoms with Crippen LogP contribution in [0, 0.1) is 18.3 Å². The summed E-state index contributed by atoms with van der Waals surface area (Å²) in [6.45, 7) is 3.34. The van der Waals surface area contributed by atoms with Gasteiger partial charge in [-0.05, 0) is 43.4 Å². The number of hydrogen-bond donors (Lipinski definition) is 1. The summed E-state index contributed by atoms with van der Waals surface area (Å²) in [5, 5.41) is 3.16. The second-order valence-corrected chi connectivity index (χ2v) is 6.27. The maximum absolute atomic E-state index is 12.5. The minimum atomic E-state index is -0.0275. The van der Waals surface area contributed by atoms with Crippen LogP contribution in [0.15, 0.2) is 24.5 Å². The van der Waals surface area contributed by atoms with Crippen LogP contribution in [-0.4, -0.2) is 45.9 Å². The summed E-state index contributed by atoms with van der Waals surface area (Å²) >= 11 is 0. The van der Waals surface area contributed by atoms with E-state index in [2.05, 4.69) is 21.1 Å². The average molecular weight is 294 g/mol. The summed E-state index contributed by atoms with van der Waals surface area (Å²) in [7, 11) is 0. The lowest BCUT2D eigenvalue weighted by Crippen LogP contribution is -2.47. The van der Waals surface area contributed by atoms with Crippen molar-refractivity contribution in [2.75, 3.05) is 19.6 Å². The van der Waals surface area contributed by atoms with E-state index in [1.165, 1.54) is 19.5 Å². The van der Waals surface area contributed by atoms with Gasteiger partial charge in [0, 0.05) is 37.1 Å². The number of imidazole rings is 1. The van der Waals surface area contributed by atoms with Gasteiger partial charge in [-0.25, -0.2) is 4.98 Å². The van der Waals surface area contributed by atoms with E-state index in [1.807, 2.05) is 16.7 Å². The van der Waals surface area contributed by atoms with Crippen LogP contribution in [0.1, 0.15) is 28.9 Å². The van der Waals surface area contributed by atoms with Gasteiger partial charge in [-0.1, -0.05) is 0 Å². The Balaban J connectivity index is 1.51. The summed E-state index contributed by atoms with van der Waals surface area (Å²) in [4.78, 5) is 19.2. The minimum Gasteiger partial charge on any atom is -0.348 e. The largest absolute Gasteiger partial charge is 0.348 e. The van der Waals surface area contributed by atoms with Crippen LogP contribution in [0.2, 0.25) is 0 Å². The highest BCUT2D eigenvalue weighted by atomic mass is 16.1.